The number of benzene rings is 1. The zero-order chi connectivity index (χ0) is 11.7. The van der Waals surface area contributed by atoms with E-state index >= 15 is 0 Å². The summed E-state index contributed by atoms with van der Waals surface area (Å²) in [5, 5.41) is 1.12. The smallest absolute Gasteiger partial charge is 0.355 e. The van der Waals surface area contributed by atoms with Crippen molar-refractivity contribution in [2.45, 2.75) is 20.8 Å². The van der Waals surface area contributed by atoms with Crippen molar-refractivity contribution in [2.75, 3.05) is 6.61 Å². The summed E-state index contributed by atoms with van der Waals surface area (Å²) in [4.78, 5) is 14.8. The summed E-state index contributed by atoms with van der Waals surface area (Å²) in [6, 6.07) is 5.98. The summed E-state index contributed by atoms with van der Waals surface area (Å²) in [7, 11) is 0. The number of carbonyl (C=O) groups is 1. The van der Waals surface area contributed by atoms with Gasteiger partial charge in [0.1, 0.15) is 5.69 Å². The van der Waals surface area contributed by atoms with Crippen molar-refractivity contribution in [3.05, 3.63) is 35.0 Å². The Morgan fingerprint density at radius 3 is 2.75 bits per heavy atom. The van der Waals surface area contributed by atoms with E-state index < -0.39 is 0 Å². The second-order valence-corrected chi connectivity index (χ2v) is 3.84. The maximum atomic E-state index is 11.7. The molecule has 0 radical (unpaired) electrons. The van der Waals surface area contributed by atoms with E-state index in [1.165, 1.54) is 5.56 Å². The van der Waals surface area contributed by atoms with Crippen molar-refractivity contribution < 1.29 is 9.53 Å². The first-order valence-electron chi connectivity index (χ1n) is 5.40. The second-order valence-electron chi connectivity index (χ2n) is 3.84. The lowest BCUT2D eigenvalue weighted by atomic mass is 10.1. The molecule has 0 unspecified atom stereocenters. The third-order valence-electron chi connectivity index (χ3n) is 2.76. The molecule has 0 saturated heterocycles. The molecular weight excluding hydrogens is 202 g/mol. The van der Waals surface area contributed by atoms with E-state index in [9.17, 15) is 4.79 Å². The minimum atomic E-state index is -0.282. The van der Waals surface area contributed by atoms with E-state index in [1.54, 1.807) is 6.92 Å². The number of aryl methyl sites for hydroxylation is 2. The number of nitrogens with one attached hydrogen (secondary N) is 1. The molecule has 0 amide bonds. The molecule has 0 fully saturated rings. The molecule has 0 bridgehead atoms. The molecule has 3 nitrogen and oxygen atoms in total. The van der Waals surface area contributed by atoms with Crippen LogP contribution < -0.4 is 0 Å². The van der Waals surface area contributed by atoms with Gasteiger partial charge < -0.3 is 9.72 Å². The van der Waals surface area contributed by atoms with Crippen LogP contribution in [0.1, 0.15) is 28.5 Å². The van der Waals surface area contributed by atoms with Crippen LogP contribution in [0.2, 0.25) is 0 Å². The van der Waals surface area contributed by atoms with Gasteiger partial charge in [-0.1, -0.05) is 12.1 Å². The second kappa shape index (κ2) is 4.00. The van der Waals surface area contributed by atoms with Gasteiger partial charge in [-0.25, -0.2) is 4.79 Å². The first kappa shape index (κ1) is 10.7. The summed E-state index contributed by atoms with van der Waals surface area (Å²) >= 11 is 0. The maximum Gasteiger partial charge on any atom is 0.355 e. The van der Waals surface area contributed by atoms with Crippen LogP contribution in [0.15, 0.2) is 18.2 Å². The molecule has 0 aliphatic heterocycles. The van der Waals surface area contributed by atoms with Crippen LogP contribution in [-0.4, -0.2) is 17.6 Å². The Morgan fingerprint density at radius 2 is 2.12 bits per heavy atom. The van der Waals surface area contributed by atoms with Gasteiger partial charge in [0.05, 0.1) is 6.61 Å². The Balaban J connectivity index is 2.61. The van der Waals surface area contributed by atoms with Gasteiger partial charge in [0, 0.05) is 10.9 Å². The molecule has 2 rings (SSSR count). The van der Waals surface area contributed by atoms with Gasteiger partial charge in [0.25, 0.3) is 0 Å². The molecule has 0 aliphatic carbocycles. The van der Waals surface area contributed by atoms with Crippen LogP contribution in [0.25, 0.3) is 10.9 Å². The van der Waals surface area contributed by atoms with Gasteiger partial charge in [-0.2, -0.15) is 0 Å². The van der Waals surface area contributed by atoms with Crippen molar-refractivity contribution in [1.29, 1.82) is 0 Å². The number of esters is 1. The fourth-order valence-electron chi connectivity index (χ4n) is 2.03. The van der Waals surface area contributed by atoms with Gasteiger partial charge in [-0.15, -0.1) is 0 Å². The van der Waals surface area contributed by atoms with Crippen molar-refractivity contribution in [3.63, 3.8) is 0 Å². The highest BCUT2D eigenvalue weighted by molar-refractivity contribution is 5.99. The number of ether oxygens (including phenoxy) is 1. The zero-order valence-corrected chi connectivity index (χ0v) is 9.76. The van der Waals surface area contributed by atoms with Crippen molar-refractivity contribution in [2.24, 2.45) is 0 Å². The number of aromatic amines is 1. The van der Waals surface area contributed by atoms with Crippen molar-refractivity contribution in [1.82, 2.24) is 4.98 Å². The van der Waals surface area contributed by atoms with Crippen molar-refractivity contribution >= 4 is 16.9 Å². The lowest BCUT2D eigenvalue weighted by Gasteiger charge is -2.00. The lowest BCUT2D eigenvalue weighted by molar-refractivity contribution is 0.0520. The van der Waals surface area contributed by atoms with Crippen LogP contribution in [0, 0.1) is 13.8 Å². The van der Waals surface area contributed by atoms with Crippen LogP contribution in [-0.2, 0) is 4.74 Å². The van der Waals surface area contributed by atoms with Gasteiger partial charge in [0.2, 0.25) is 0 Å². The Hall–Kier alpha value is -1.77. The first-order chi connectivity index (χ1) is 7.65. The number of H-pyrrole nitrogens is 1. The highest BCUT2D eigenvalue weighted by Crippen LogP contribution is 2.25. The Labute approximate surface area is 94.4 Å². The normalized spacial score (nSPS) is 10.7. The predicted molar refractivity (Wildman–Crippen MR) is 63.7 cm³/mol. The third-order valence-corrected chi connectivity index (χ3v) is 2.76. The van der Waals surface area contributed by atoms with Gasteiger partial charge >= 0.3 is 5.97 Å². The molecule has 0 aliphatic rings. The Bertz CT molecular complexity index is 540. The maximum absolute atomic E-state index is 11.7. The van der Waals surface area contributed by atoms with Crippen LogP contribution >= 0.6 is 0 Å². The predicted octanol–water partition coefficient (Wildman–Crippen LogP) is 2.96. The fourth-order valence-corrected chi connectivity index (χ4v) is 2.03. The quantitative estimate of drug-likeness (QED) is 0.786. The first-order valence-corrected chi connectivity index (χ1v) is 5.40. The van der Waals surface area contributed by atoms with Crippen LogP contribution in [0.3, 0.4) is 0 Å². The molecule has 16 heavy (non-hydrogen) atoms. The number of hydrogen-bond donors (Lipinski definition) is 1. The fraction of sp³-hybridized carbons (Fsp3) is 0.308. The monoisotopic (exact) mass is 217 g/mol. The summed E-state index contributed by atoms with van der Waals surface area (Å²) in [6.45, 7) is 6.18. The van der Waals surface area contributed by atoms with Crippen molar-refractivity contribution in [3.8, 4) is 0 Å². The van der Waals surface area contributed by atoms with Crippen LogP contribution in [0.5, 0.6) is 0 Å². The standard InChI is InChI=1S/C13H15NO2/c1-4-16-13(15)12-9(3)11-8(2)6-5-7-10(11)14-12/h5-7,14H,4H2,1-3H3. The number of hydrogen-bond acceptors (Lipinski definition) is 2. The molecule has 0 spiro atoms. The molecule has 0 saturated carbocycles. The van der Waals surface area contributed by atoms with Gasteiger partial charge in [0.15, 0.2) is 0 Å². The van der Waals surface area contributed by atoms with E-state index in [1.807, 2.05) is 32.0 Å². The van der Waals surface area contributed by atoms with E-state index in [0.717, 1.165) is 16.5 Å². The summed E-state index contributed by atoms with van der Waals surface area (Å²) < 4.78 is 5.01. The summed E-state index contributed by atoms with van der Waals surface area (Å²) in [6.07, 6.45) is 0. The number of rotatable bonds is 2. The SMILES string of the molecule is CCOC(=O)c1[nH]c2cccc(C)c2c1C. The molecule has 1 heterocycles. The van der Waals surface area contributed by atoms with E-state index in [2.05, 4.69) is 4.98 Å². The molecule has 84 valence electrons. The molecule has 0 atom stereocenters. The van der Waals surface area contributed by atoms with Gasteiger partial charge in [-0.05, 0) is 38.0 Å². The Kier molecular flexibility index (Phi) is 2.69. The summed E-state index contributed by atoms with van der Waals surface area (Å²) in [5.41, 5.74) is 3.68. The topological polar surface area (TPSA) is 42.1 Å². The molecule has 1 aromatic heterocycles. The van der Waals surface area contributed by atoms with E-state index in [-0.39, 0.29) is 5.97 Å². The Morgan fingerprint density at radius 1 is 1.38 bits per heavy atom. The number of aromatic nitrogens is 1. The van der Waals surface area contributed by atoms with Gasteiger partial charge in [-0.3, -0.25) is 0 Å². The van der Waals surface area contributed by atoms with Crippen LogP contribution in [0.4, 0.5) is 0 Å². The van der Waals surface area contributed by atoms with E-state index in [4.69, 9.17) is 4.74 Å². The number of fused-ring (bicyclic) bond motifs is 1. The third kappa shape index (κ3) is 1.58. The average Bonchev–Trinajstić information content (AvgIpc) is 2.58. The number of carbonyl (C=O) groups excluding carboxylic acids is 1. The lowest BCUT2D eigenvalue weighted by Crippen LogP contribution is -2.06. The average molecular weight is 217 g/mol. The highest BCUT2D eigenvalue weighted by atomic mass is 16.5. The molecule has 2 aromatic rings. The van der Waals surface area contributed by atoms with E-state index in [0.29, 0.717) is 12.3 Å². The zero-order valence-electron chi connectivity index (χ0n) is 9.76. The largest absolute Gasteiger partial charge is 0.461 e. The molecule has 3 heteroatoms. The minimum absolute atomic E-state index is 0.282. The molecule has 1 N–H and O–H groups in total. The highest BCUT2D eigenvalue weighted by Gasteiger charge is 2.16. The molecule has 1 aromatic carbocycles. The molecular formula is C13H15NO2. The minimum Gasteiger partial charge on any atom is -0.461 e. The summed E-state index contributed by atoms with van der Waals surface area (Å²) in [5.74, 6) is -0.282.